The molecule has 25 heavy (non-hydrogen) atoms. The Balaban J connectivity index is 1.47. The summed E-state index contributed by atoms with van der Waals surface area (Å²) >= 11 is 0. The highest BCUT2D eigenvalue weighted by atomic mass is 19.1. The second kappa shape index (κ2) is 7.74. The molecule has 1 aromatic heterocycles. The SMILES string of the molecule is CC(C)c1nnc(C2CCN(CC(=O)Nc3ccc(F)cc3)CC2)o1. The lowest BCUT2D eigenvalue weighted by molar-refractivity contribution is -0.117. The Labute approximate surface area is 146 Å². The lowest BCUT2D eigenvalue weighted by atomic mass is 9.97. The molecule has 1 amide bonds. The number of nitrogens with one attached hydrogen (secondary N) is 1. The van der Waals surface area contributed by atoms with Crippen molar-refractivity contribution in [2.24, 2.45) is 0 Å². The van der Waals surface area contributed by atoms with Crippen molar-refractivity contribution >= 4 is 11.6 Å². The van der Waals surface area contributed by atoms with Crippen LogP contribution in [0, 0.1) is 5.82 Å². The lowest BCUT2D eigenvalue weighted by Crippen LogP contribution is -2.38. The molecule has 2 heterocycles. The number of hydrogen-bond acceptors (Lipinski definition) is 5. The predicted octanol–water partition coefficient (Wildman–Crippen LogP) is 3.15. The van der Waals surface area contributed by atoms with Gasteiger partial charge in [0.1, 0.15) is 5.82 Å². The van der Waals surface area contributed by atoms with Crippen molar-refractivity contribution in [1.29, 1.82) is 0 Å². The zero-order valence-electron chi connectivity index (χ0n) is 14.5. The van der Waals surface area contributed by atoms with E-state index in [1.165, 1.54) is 12.1 Å². The first kappa shape index (κ1) is 17.5. The van der Waals surface area contributed by atoms with Gasteiger partial charge in [-0.3, -0.25) is 9.69 Å². The van der Waals surface area contributed by atoms with Crippen LogP contribution in [0.15, 0.2) is 28.7 Å². The van der Waals surface area contributed by atoms with Gasteiger partial charge in [0.15, 0.2) is 0 Å². The van der Waals surface area contributed by atoms with Gasteiger partial charge in [0, 0.05) is 17.5 Å². The highest BCUT2D eigenvalue weighted by Crippen LogP contribution is 2.28. The molecule has 1 aliphatic rings. The largest absolute Gasteiger partial charge is 0.425 e. The first-order valence-electron chi connectivity index (χ1n) is 8.62. The summed E-state index contributed by atoms with van der Waals surface area (Å²) in [4.78, 5) is 14.2. The van der Waals surface area contributed by atoms with Crippen LogP contribution >= 0.6 is 0 Å². The van der Waals surface area contributed by atoms with Crippen molar-refractivity contribution < 1.29 is 13.6 Å². The van der Waals surface area contributed by atoms with Gasteiger partial charge in [0.05, 0.1) is 6.54 Å². The van der Waals surface area contributed by atoms with E-state index in [1.807, 2.05) is 13.8 Å². The fraction of sp³-hybridized carbons (Fsp3) is 0.500. The predicted molar refractivity (Wildman–Crippen MR) is 91.8 cm³/mol. The Hall–Kier alpha value is -2.28. The molecule has 1 saturated heterocycles. The third-order valence-electron chi connectivity index (χ3n) is 4.38. The first-order chi connectivity index (χ1) is 12.0. The molecule has 0 saturated carbocycles. The van der Waals surface area contributed by atoms with Crippen molar-refractivity contribution in [3.05, 3.63) is 41.9 Å². The summed E-state index contributed by atoms with van der Waals surface area (Å²) in [6, 6.07) is 5.77. The molecule has 2 aromatic rings. The van der Waals surface area contributed by atoms with E-state index >= 15 is 0 Å². The summed E-state index contributed by atoms with van der Waals surface area (Å²) in [6.07, 6.45) is 1.78. The molecule has 1 N–H and O–H groups in total. The molecule has 0 aliphatic carbocycles. The molecule has 6 nitrogen and oxygen atoms in total. The molecule has 0 spiro atoms. The van der Waals surface area contributed by atoms with Crippen LogP contribution in [0.5, 0.6) is 0 Å². The number of nitrogens with zero attached hydrogens (tertiary/aromatic N) is 3. The minimum absolute atomic E-state index is 0.0926. The second-order valence-electron chi connectivity index (χ2n) is 6.74. The highest BCUT2D eigenvalue weighted by molar-refractivity contribution is 5.92. The van der Waals surface area contributed by atoms with Gasteiger partial charge in [-0.1, -0.05) is 13.8 Å². The fourth-order valence-electron chi connectivity index (χ4n) is 2.92. The molecule has 3 rings (SSSR count). The van der Waals surface area contributed by atoms with Gasteiger partial charge >= 0.3 is 0 Å². The summed E-state index contributed by atoms with van der Waals surface area (Å²) in [5, 5.41) is 11.0. The van der Waals surface area contributed by atoms with Gasteiger partial charge in [-0.05, 0) is 50.2 Å². The van der Waals surface area contributed by atoms with Gasteiger partial charge in [-0.15, -0.1) is 10.2 Å². The zero-order valence-corrected chi connectivity index (χ0v) is 14.5. The van der Waals surface area contributed by atoms with Crippen molar-refractivity contribution in [1.82, 2.24) is 15.1 Å². The molecular formula is C18H23FN4O2. The van der Waals surface area contributed by atoms with E-state index in [-0.39, 0.29) is 23.6 Å². The fourth-order valence-corrected chi connectivity index (χ4v) is 2.92. The third kappa shape index (κ3) is 4.63. The van der Waals surface area contributed by atoms with Crippen LogP contribution in [0.2, 0.25) is 0 Å². The smallest absolute Gasteiger partial charge is 0.238 e. The highest BCUT2D eigenvalue weighted by Gasteiger charge is 2.26. The van der Waals surface area contributed by atoms with Gasteiger partial charge in [0.25, 0.3) is 0 Å². The van der Waals surface area contributed by atoms with Crippen molar-refractivity contribution in [2.45, 2.75) is 38.5 Å². The van der Waals surface area contributed by atoms with Crippen molar-refractivity contribution in [3.63, 3.8) is 0 Å². The maximum Gasteiger partial charge on any atom is 0.238 e. The number of anilines is 1. The standard InChI is InChI=1S/C18H23FN4O2/c1-12(2)17-21-22-18(25-17)13-7-9-23(10-8-13)11-16(24)20-15-5-3-14(19)4-6-15/h3-6,12-13H,7-11H2,1-2H3,(H,20,24). The van der Waals surface area contributed by atoms with Crippen LogP contribution in [-0.4, -0.2) is 40.6 Å². The number of piperidine rings is 1. The lowest BCUT2D eigenvalue weighted by Gasteiger charge is -2.29. The Bertz CT molecular complexity index is 706. The molecule has 1 aliphatic heterocycles. The van der Waals surface area contributed by atoms with E-state index in [2.05, 4.69) is 20.4 Å². The number of carbonyl (C=O) groups excluding carboxylic acids is 1. The quantitative estimate of drug-likeness (QED) is 0.900. The van der Waals surface area contributed by atoms with Gasteiger partial charge in [0.2, 0.25) is 17.7 Å². The summed E-state index contributed by atoms with van der Waals surface area (Å²) in [5.41, 5.74) is 0.605. The van der Waals surface area contributed by atoms with E-state index in [0.29, 0.717) is 24.0 Å². The van der Waals surface area contributed by atoms with Crippen LogP contribution < -0.4 is 5.32 Å². The monoisotopic (exact) mass is 346 g/mol. The number of rotatable bonds is 5. The molecule has 0 bridgehead atoms. The van der Waals surface area contributed by atoms with Gasteiger partial charge in [-0.2, -0.15) is 0 Å². The Kier molecular flexibility index (Phi) is 5.43. The molecule has 0 radical (unpaired) electrons. The zero-order chi connectivity index (χ0) is 17.8. The molecular weight excluding hydrogens is 323 g/mol. The average molecular weight is 346 g/mol. The molecule has 134 valence electrons. The summed E-state index contributed by atoms with van der Waals surface area (Å²) in [5.74, 6) is 1.47. The summed E-state index contributed by atoms with van der Waals surface area (Å²) < 4.78 is 18.6. The second-order valence-corrected chi connectivity index (χ2v) is 6.74. The van der Waals surface area contributed by atoms with E-state index in [0.717, 1.165) is 25.9 Å². The Morgan fingerprint density at radius 2 is 1.96 bits per heavy atom. The maximum atomic E-state index is 12.9. The van der Waals surface area contributed by atoms with E-state index < -0.39 is 0 Å². The number of benzene rings is 1. The van der Waals surface area contributed by atoms with E-state index in [9.17, 15) is 9.18 Å². The van der Waals surface area contributed by atoms with Gasteiger partial charge in [-0.25, -0.2) is 4.39 Å². The minimum Gasteiger partial charge on any atom is -0.425 e. The van der Waals surface area contributed by atoms with E-state index in [4.69, 9.17) is 4.42 Å². The van der Waals surface area contributed by atoms with Crippen LogP contribution in [-0.2, 0) is 4.79 Å². The van der Waals surface area contributed by atoms with Crippen LogP contribution in [0.3, 0.4) is 0 Å². The topological polar surface area (TPSA) is 71.3 Å². The molecule has 1 fully saturated rings. The number of hydrogen-bond donors (Lipinski definition) is 1. The van der Waals surface area contributed by atoms with E-state index in [1.54, 1.807) is 12.1 Å². The maximum absolute atomic E-state index is 12.9. The molecule has 7 heteroatoms. The number of amides is 1. The summed E-state index contributed by atoms with van der Waals surface area (Å²) in [6.45, 7) is 5.99. The third-order valence-corrected chi connectivity index (χ3v) is 4.38. The minimum atomic E-state index is -0.318. The summed E-state index contributed by atoms with van der Waals surface area (Å²) in [7, 11) is 0. The van der Waals surface area contributed by atoms with Crippen LogP contribution in [0.1, 0.15) is 50.3 Å². The number of carbonyl (C=O) groups is 1. The number of likely N-dealkylation sites (tertiary alicyclic amines) is 1. The number of aromatic nitrogens is 2. The van der Waals surface area contributed by atoms with Crippen LogP contribution in [0.25, 0.3) is 0 Å². The Morgan fingerprint density at radius 3 is 2.56 bits per heavy atom. The molecule has 0 unspecified atom stereocenters. The average Bonchev–Trinajstić information content (AvgIpc) is 3.08. The first-order valence-corrected chi connectivity index (χ1v) is 8.62. The normalized spacial score (nSPS) is 16.3. The number of halogens is 1. The van der Waals surface area contributed by atoms with Gasteiger partial charge < -0.3 is 9.73 Å². The van der Waals surface area contributed by atoms with Crippen molar-refractivity contribution in [3.8, 4) is 0 Å². The molecule has 0 atom stereocenters. The Morgan fingerprint density at radius 1 is 1.28 bits per heavy atom. The molecule has 1 aromatic carbocycles. The van der Waals surface area contributed by atoms with Crippen molar-refractivity contribution in [2.75, 3.05) is 25.0 Å². The van der Waals surface area contributed by atoms with Crippen LogP contribution in [0.4, 0.5) is 10.1 Å².